The quantitative estimate of drug-likeness (QED) is 0.927. The third-order valence-electron chi connectivity index (χ3n) is 3.55. The molecule has 2 rings (SSSR count). The smallest absolute Gasteiger partial charge is 0.252 e. The van der Waals surface area contributed by atoms with Gasteiger partial charge >= 0.3 is 0 Å². The van der Waals surface area contributed by atoms with Crippen molar-refractivity contribution in [2.24, 2.45) is 5.92 Å². The number of aryl methyl sites for hydroxylation is 1. The van der Waals surface area contributed by atoms with Crippen LogP contribution in [0.2, 0.25) is 0 Å². The Kier molecular flexibility index (Phi) is 4.66. The van der Waals surface area contributed by atoms with Crippen molar-refractivity contribution < 1.29 is 8.42 Å². The van der Waals surface area contributed by atoms with Crippen LogP contribution in [-0.4, -0.2) is 32.9 Å². The van der Waals surface area contributed by atoms with Crippen LogP contribution in [0.25, 0.3) is 0 Å². The van der Waals surface area contributed by atoms with E-state index in [1.807, 2.05) is 20.0 Å². The number of rotatable bonds is 4. The van der Waals surface area contributed by atoms with Crippen LogP contribution in [0.5, 0.6) is 0 Å². The van der Waals surface area contributed by atoms with Crippen LogP contribution in [0.3, 0.4) is 0 Å². The van der Waals surface area contributed by atoms with E-state index in [2.05, 4.69) is 12.2 Å². The molecule has 0 saturated carbocycles. The lowest BCUT2D eigenvalue weighted by molar-refractivity contribution is 0.281. The van der Waals surface area contributed by atoms with Crippen LogP contribution in [0.15, 0.2) is 10.3 Å². The molecule has 2 heterocycles. The van der Waals surface area contributed by atoms with Gasteiger partial charge in [0.2, 0.25) is 0 Å². The lowest BCUT2D eigenvalue weighted by atomic mass is 10.0. The van der Waals surface area contributed by atoms with Gasteiger partial charge in [0, 0.05) is 24.5 Å². The van der Waals surface area contributed by atoms with Crippen LogP contribution in [-0.2, 0) is 16.6 Å². The highest BCUT2D eigenvalue weighted by Crippen LogP contribution is 2.30. The number of piperidine rings is 1. The number of nitrogens with zero attached hydrogens (tertiary/aromatic N) is 1. The molecule has 1 aromatic rings. The molecule has 0 radical (unpaired) electrons. The van der Waals surface area contributed by atoms with E-state index in [0.29, 0.717) is 23.2 Å². The minimum Gasteiger partial charge on any atom is -0.315 e. The van der Waals surface area contributed by atoms with E-state index in [9.17, 15) is 8.42 Å². The zero-order valence-corrected chi connectivity index (χ0v) is 13.4. The maximum absolute atomic E-state index is 12.6. The Bertz CT molecular complexity index is 537. The Morgan fingerprint density at radius 1 is 1.53 bits per heavy atom. The molecule has 1 atom stereocenters. The van der Waals surface area contributed by atoms with E-state index in [0.717, 1.165) is 29.8 Å². The highest BCUT2D eigenvalue weighted by atomic mass is 32.2. The lowest BCUT2D eigenvalue weighted by Crippen LogP contribution is -2.38. The fraction of sp³-hybridized carbons (Fsp3) is 0.692. The summed E-state index contributed by atoms with van der Waals surface area (Å²) in [6, 6.07) is 1.81. The topological polar surface area (TPSA) is 49.4 Å². The minimum absolute atomic E-state index is 0.460. The van der Waals surface area contributed by atoms with Crippen molar-refractivity contribution in [2.75, 3.05) is 20.1 Å². The van der Waals surface area contributed by atoms with Gasteiger partial charge in [-0.3, -0.25) is 0 Å². The summed E-state index contributed by atoms with van der Waals surface area (Å²) < 4.78 is 27.4. The SMILES string of the molecule is CNCc1sc(S(=O)(=O)N2CCCC(C)C2)cc1C. The second-order valence-electron chi connectivity index (χ2n) is 5.31. The zero-order chi connectivity index (χ0) is 14.0. The first-order chi connectivity index (χ1) is 8.95. The molecule has 1 unspecified atom stereocenters. The fourth-order valence-electron chi connectivity index (χ4n) is 2.44. The zero-order valence-electron chi connectivity index (χ0n) is 11.8. The first-order valence-corrected chi connectivity index (χ1v) is 8.95. The van der Waals surface area contributed by atoms with E-state index in [1.54, 1.807) is 4.31 Å². The number of hydrogen-bond acceptors (Lipinski definition) is 4. The highest BCUT2D eigenvalue weighted by molar-refractivity contribution is 7.91. The second kappa shape index (κ2) is 5.91. The van der Waals surface area contributed by atoms with Crippen LogP contribution < -0.4 is 5.32 Å². The molecule has 1 aliphatic rings. The minimum atomic E-state index is -3.29. The average molecular weight is 302 g/mol. The molecule has 4 nitrogen and oxygen atoms in total. The van der Waals surface area contributed by atoms with Crippen molar-refractivity contribution in [3.05, 3.63) is 16.5 Å². The van der Waals surface area contributed by atoms with Crippen LogP contribution in [0.1, 0.15) is 30.2 Å². The molecule has 1 aromatic heterocycles. The Morgan fingerprint density at radius 2 is 2.26 bits per heavy atom. The average Bonchev–Trinajstić information content (AvgIpc) is 2.72. The molecular weight excluding hydrogens is 280 g/mol. The molecule has 1 fully saturated rings. The van der Waals surface area contributed by atoms with Gasteiger partial charge in [-0.05, 0) is 44.4 Å². The normalized spacial score (nSPS) is 21.7. The van der Waals surface area contributed by atoms with Crippen molar-refractivity contribution in [2.45, 2.75) is 37.4 Å². The third-order valence-corrected chi connectivity index (χ3v) is 7.10. The van der Waals surface area contributed by atoms with E-state index in [4.69, 9.17) is 0 Å². The summed E-state index contributed by atoms with van der Waals surface area (Å²) >= 11 is 1.39. The van der Waals surface area contributed by atoms with Crippen molar-refractivity contribution >= 4 is 21.4 Å². The van der Waals surface area contributed by atoms with Gasteiger partial charge in [0.25, 0.3) is 10.0 Å². The number of hydrogen-bond donors (Lipinski definition) is 1. The van der Waals surface area contributed by atoms with Crippen molar-refractivity contribution in [1.29, 1.82) is 0 Å². The summed E-state index contributed by atoms with van der Waals surface area (Å²) in [6.45, 7) is 6.13. The molecule has 19 heavy (non-hydrogen) atoms. The standard InChI is InChI=1S/C13H22N2O2S2/c1-10-5-4-6-15(9-10)19(16,17)13-7-11(2)12(18-13)8-14-3/h7,10,14H,4-6,8-9H2,1-3H3. The number of nitrogens with one attached hydrogen (secondary N) is 1. The van der Waals surface area contributed by atoms with Gasteiger partial charge in [0.1, 0.15) is 4.21 Å². The molecule has 0 spiro atoms. The number of sulfonamides is 1. The monoisotopic (exact) mass is 302 g/mol. The van der Waals surface area contributed by atoms with Crippen LogP contribution >= 0.6 is 11.3 Å². The van der Waals surface area contributed by atoms with Gasteiger partial charge in [-0.25, -0.2) is 8.42 Å². The Morgan fingerprint density at radius 3 is 2.89 bits per heavy atom. The summed E-state index contributed by atoms with van der Waals surface area (Å²) in [5.74, 6) is 0.460. The first kappa shape index (κ1) is 15.0. The Hall–Kier alpha value is -0.430. The summed E-state index contributed by atoms with van der Waals surface area (Å²) in [5, 5.41) is 3.08. The molecule has 0 amide bonds. The summed E-state index contributed by atoms with van der Waals surface area (Å²) in [4.78, 5) is 1.10. The maximum Gasteiger partial charge on any atom is 0.252 e. The highest BCUT2D eigenvalue weighted by Gasteiger charge is 2.30. The van der Waals surface area contributed by atoms with Gasteiger partial charge in [-0.15, -0.1) is 11.3 Å². The number of thiophene rings is 1. The predicted octanol–water partition coefficient (Wildman–Crippen LogP) is 2.20. The largest absolute Gasteiger partial charge is 0.315 e. The fourth-order valence-corrected chi connectivity index (χ4v) is 5.80. The van der Waals surface area contributed by atoms with E-state index in [-0.39, 0.29) is 0 Å². The first-order valence-electron chi connectivity index (χ1n) is 6.69. The van der Waals surface area contributed by atoms with E-state index < -0.39 is 10.0 Å². The molecule has 1 aliphatic heterocycles. The molecule has 1 N–H and O–H groups in total. The van der Waals surface area contributed by atoms with Crippen molar-refractivity contribution in [3.63, 3.8) is 0 Å². The molecule has 1 saturated heterocycles. The van der Waals surface area contributed by atoms with Gasteiger partial charge in [0.05, 0.1) is 0 Å². The van der Waals surface area contributed by atoms with E-state index in [1.165, 1.54) is 11.3 Å². The predicted molar refractivity (Wildman–Crippen MR) is 79.0 cm³/mol. The van der Waals surface area contributed by atoms with Crippen LogP contribution in [0.4, 0.5) is 0 Å². The summed E-state index contributed by atoms with van der Waals surface area (Å²) in [7, 11) is -1.42. The van der Waals surface area contributed by atoms with Gasteiger partial charge in [-0.1, -0.05) is 6.92 Å². The molecular formula is C13H22N2O2S2. The Labute approximate surface area is 119 Å². The summed E-state index contributed by atoms with van der Waals surface area (Å²) in [6.07, 6.45) is 2.09. The maximum atomic E-state index is 12.6. The molecule has 0 aromatic carbocycles. The van der Waals surface area contributed by atoms with Crippen LogP contribution in [0, 0.1) is 12.8 Å². The van der Waals surface area contributed by atoms with Gasteiger partial charge in [-0.2, -0.15) is 4.31 Å². The van der Waals surface area contributed by atoms with E-state index >= 15 is 0 Å². The Balaban J connectivity index is 2.26. The van der Waals surface area contributed by atoms with Gasteiger partial charge in [0.15, 0.2) is 0 Å². The molecule has 108 valence electrons. The second-order valence-corrected chi connectivity index (χ2v) is 8.61. The summed E-state index contributed by atoms with van der Waals surface area (Å²) in [5.41, 5.74) is 1.06. The third kappa shape index (κ3) is 3.18. The molecule has 0 aliphatic carbocycles. The van der Waals surface area contributed by atoms with Crippen molar-refractivity contribution in [1.82, 2.24) is 9.62 Å². The van der Waals surface area contributed by atoms with Crippen molar-refractivity contribution in [3.8, 4) is 0 Å². The van der Waals surface area contributed by atoms with Gasteiger partial charge < -0.3 is 5.32 Å². The molecule has 0 bridgehead atoms. The lowest BCUT2D eigenvalue weighted by Gasteiger charge is -2.29. The molecule has 6 heteroatoms.